The van der Waals surface area contributed by atoms with E-state index in [1.165, 1.54) is 88.4 Å². The van der Waals surface area contributed by atoms with Crippen molar-refractivity contribution < 1.29 is 9.41 Å². The van der Waals surface area contributed by atoms with Gasteiger partial charge < -0.3 is 4.48 Å². The summed E-state index contributed by atoms with van der Waals surface area (Å²) in [5.41, 5.74) is 0. The topological polar surface area (TPSA) is 43.1 Å². The van der Waals surface area contributed by atoms with Crippen molar-refractivity contribution in [1.82, 2.24) is 0 Å². The molecule has 2 atom stereocenters. The minimum atomic E-state index is -0.163. The first-order valence-corrected chi connectivity index (χ1v) is 11.9. The number of quaternary nitrogens is 1. The summed E-state index contributed by atoms with van der Waals surface area (Å²) < 4.78 is 1.42. The number of hydrogen-bond acceptors (Lipinski definition) is 2. The Bertz CT molecular complexity index is 362. The van der Waals surface area contributed by atoms with Crippen LogP contribution < -0.4 is 0 Å². The van der Waals surface area contributed by atoms with Crippen LogP contribution >= 0.6 is 0 Å². The van der Waals surface area contributed by atoms with Crippen molar-refractivity contribution in [3.8, 4) is 0 Å². The van der Waals surface area contributed by atoms with E-state index in [-0.39, 0.29) is 4.92 Å². The van der Waals surface area contributed by atoms with Gasteiger partial charge in [-0.3, -0.25) is 10.1 Å². The van der Waals surface area contributed by atoms with Crippen LogP contribution in [-0.4, -0.2) is 35.6 Å². The lowest BCUT2D eigenvalue weighted by Crippen LogP contribution is -2.50. The van der Waals surface area contributed by atoms with Crippen LogP contribution in [0.3, 0.4) is 0 Å². The minimum absolute atomic E-state index is 0.163. The molecule has 2 fully saturated rings. The minimum Gasteiger partial charge on any atom is -0.324 e. The SMILES string of the molecule is CCCC[N+](CCCC)(CCCC)CCCC.O=[N+]([O-])[C-]1C[C@@H]2CC[C@H]1C2. The van der Waals surface area contributed by atoms with Crippen molar-refractivity contribution in [2.24, 2.45) is 11.8 Å². The molecule has 0 aromatic heterocycles. The van der Waals surface area contributed by atoms with E-state index in [0.717, 1.165) is 19.3 Å². The maximum absolute atomic E-state index is 10.4. The number of rotatable bonds is 13. The van der Waals surface area contributed by atoms with E-state index < -0.39 is 0 Å². The molecule has 27 heavy (non-hydrogen) atoms. The molecule has 2 saturated carbocycles. The summed E-state index contributed by atoms with van der Waals surface area (Å²) in [5.74, 6) is 1.00. The molecule has 0 heterocycles. The monoisotopic (exact) mass is 382 g/mol. The zero-order chi connectivity index (χ0) is 20.1. The Kier molecular flexibility index (Phi) is 12.1. The number of nitro groups is 1. The second-order valence-corrected chi connectivity index (χ2v) is 8.98. The van der Waals surface area contributed by atoms with Gasteiger partial charge in [-0.2, -0.15) is 0 Å². The van der Waals surface area contributed by atoms with E-state index >= 15 is 0 Å². The van der Waals surface area contributed by atoms with Gasteiger partial charge in [-0.25, -0.2) is 0 Å². The Morgan fingerprint density at radius 2 is 1.30 bits per heavy atom. The summed E-state index contributed by atoms with van der Waals surface area (Å²) in [7, 11) is 0. The maximum Gasteiger partial charge on any atom is 0.0786 e. The Balaban J connectivity index is 0.000000303. The molecule has 0 aromatic rings. The van der Waals surface area contributed by atoms with E-state index in [2.05, 4.69) is 27.7 Å². The van der Waals surface area contributed by atoms with Gasteiger partial charge in [0.05, 0.1) is 26.2 Å². The normalized spacial score (nSPS) is 21.3. The molecule has 0 aromatic carbocycles. The lowest BCUT2D eigenvalue weighted by molar-refractivity contribution is -0.929. The zero-order valence-corrected chi connectivity index (χ0v) is 18.7. The first-order valence-electron chi connectivity index (χ1n) is 11.9. The van der Waals surface area contributed by atoms with Gasteiger partial charge in [0.15, 0.2) is 0 Å². The third-order valence-electron chi connectivity index (χ3n) is 6.69. The Hall–Kier alpha value is -0.770. The van der Waals surface area contributed by atoms with Crippen molar-refractivity contribution in [2.45, 2.75) is 105 Å². The molecule has 0 N–H and O–H groups in total. The smallest absolute Gasteiger partial charge is 0.0786 e. The van der Waals surface area contributed by atoms with Crippen molar-refractivity contribution in [3.63, 3.8) is 0 Å². The van der Waals surface area contributed by atoms with Crippen molar-refractivity contribution >= 4 is 0 Å². The summed E-state index contributed by atoms with van der Waals surface area (Å²) in [4.78, 5) is 10.2. The maximum atomic E-state index is 10.4. The molecule has 0 aliphatic heterocycles. The van der Waals surface area contributed by atoms with Gasteiger partial charge in [-0.05, 0) is 31.7 Å². The fraction of sp³-hybridized carbons (Fsp3) is 0.957. The van der Waals surface area contributed by atoms with Crippen LogP contribution in [0.15, 0.2) is 0 Å². The van der Waals surface area contributed by atoms with Gasteiger partial charge in [-0.15, -0.1) is 4.92 Å². The standard InChI is InChI=1S/C16H36N.C7H10NO2/c1-5-9-13-17(14-10-6-2,15-11-7-3)16-12-8-4;9-8(10)7-4-5-1-2-6(7)3-5/h5-16H2,1-4H3;5-6H,1-4H2/q+1;-1/t;5-,6+/m.1/s1. The number of unbranched alkanes of at least 4 members (excludes halogenated alkanes) is 4. The van der Waals surface area contributed by atoms with Gasteiger partial charge in [0.2, 0.25) is 0 Å². The third kappa shape index (κ3) is 8.41. The summed E-state index contributed by atoms with van der Waals surface area (Å²) in [6, 6.07) is 0.608. The number of fused-ring (bicyclic) bond motifs is 2. The molecule has 4 nitrogen and oxygen atoms in total. The molecule has 2 aliphatic carbocycles. The largest absolute Gasteiger partial charge is 0.324 e. The molecule has 4 heteroatoms. The van der Waals surface area contributed by atoms with E-state index in [4.69, 9.17) is 0 Å². The molecule has 2 bridgehead atoms. The fourth-order valence-electron chi connectivity index (χ4n) is 4.89. The molecule has 0 radical (unpaired) electrons. The van der Waals surface area contributed by atoms with Gasteiger partial charge in [0.25, 0.3) is 0 Å². The molecule has 0 amide bonds. The van der Waals surface area contributed by atoms with Crippen LogP contribution in [0.2, 0.25) is 0 Å². The molecule has 2 rings (SSSR count). The highest BCUT2D eigenvalue weighted by Crippen LogP contribution is 2.49. The van der Waals surface area contributed by atoms with Crippen LogP contribution in [0.25, 0.3) is 0 Å². The van der Waals surface area contributed by atoms with E-state index in [9.17, 15) is 10.1 Å². The second kappa shape index (κ2) is 13.4. The Morgan fingerprint density at radius 3 is 1.52 bits per heavy atom. The number of hydrogen-bond donors (Lipinski definition) is 0. The summed E-state index contributed by atoms with van der Waals surface area (Å²) in [6.45, 7) is 15.0. The highest BCUT2D eigenvalue weighted by atomic mass is 16.6. The quantitative estimate of drug-likeness (QED) is 0.155. The molecule has 0 spiro atoms. The Morgan fingerprint density at radius 1 is 0.852 bits per heavy atom. The van der Waals surface area contributed by atoms with Gasteiger partial charge >= 0.3 is 0 Å². The lowest BCUT2D eigenvalue weighted by Gasteiger charge is -2.39. The van der Waals surface area contributed by atoms with Crippen LogP contribution in [0.4, 0.5) is 0 Å². The third-order valence-corrected chi connectivity index (χ3v) is 6.69. The summed E-state index contributed by atoms with van der Waals surface area (Å²) in [5, 5.41) is 10.4. The van der Waals surface area contributed by atoms with E-state index in [1.54, 1.807) is 0 Å². The van der Waals surface area contributed by atoms with Crippen LogP contribution in [0.1, 0.15) is 105 Å². The van der Waals surface area contributed by atoms with Crippen LogP contribution in [0, 0.1) is 28.0 Å². The predicted molar refractivity (Wildman–Crippen MR) is 115 cm³/mol. The average Bonchev–Trinajstić information content (AvgIpc) is 3.31. The van der Waals surface area contributed by atoms with Gasteiger partial charge in [0, 0.05) is 0 Å². The van der Waals surface area contributed by atoms with E-state index in [1.807, 2.05) is 0 Å². The molecular formula is C23H46N2O2. The van der Waals surface area contributed by atoms with Crippen molar-refractivity contribution in [3.05, 3.63) is 16.2 Å². The van der Waals surface area contributed by atoms with Crippen LogP contribution in [0.5, 0.6) is 0 Å². The van der Waals surface area contributed by atoms with Crippen LogP contribution in [-0.2, 0) is 0 Å². The summed E-state index contributed by atoms with van der Waals surface area (Å²) >= 11 is 0. The average molecular weight is 383 g/mol. The fourth-order valence-corrected chi connectivity index (χ4v) is 4.89. The van der Waals surface area contributed by atoms with Crippen molar-refractivity contribution in [1.29, 1.82) is 0 Å². The second-order valence-electron chi connectivity index (χ2n) is 8.98. The van der Waals surface area contributed by atoms with E-state index in [0.29, 0.717) is 17.9 Å². The first kappa shape index (κ1) is 24.3. The van der Waals surface area contributed by atoms with Crippen molar-refractivity contribution in [2.75, 3.05) is 26.2 Å². The number of nitrogens with zero attached hydrogens (tertiary/aromatic N) is 2. The molecule has 0 saturated heterocycles. The zero-order valence-electron chi connectivity index (χ0n) is 18.7. The lowest BCUT2D eigenvalue weighted by atomic mass is 9.96. The molecule has 2 aliphatic rings. The van der Waals surface area contributed by atoms with Gasteiger partial charge in [-0.1, -0.05) is 90.9 Å². The first-order chi connectivity index (χ1) is 13.0. The molecule has 160 valence electrons. The highest BCUT2D eigenvalue weighted by Gasteiger charge is 2.35. The molecular weight excluding hydrogens is 336 g/mol. The predicted octanol–water partition coefficient (Wildman–Crippen LogP) is 6.62. The highest BCUT2D eigenvalue weighted by molar-refractivity contribution is 5.01. The summed E-state index contributed by atoms with van der Waals surface area (Å²) in [6.07, 6.45) is 15.2. The van der Waals surface area contributed by atoms with Gasteiger partial charge in [0.1, 0.15) is 0 Å². The Labute approximate surface area is 168 Å². The molecule has 0 unspecified atom stereocenters.